The van der Waals surface area contributed by atoms with E-state index in [1.807, 2.05) is 24.3 Å². The van der Waals surface area contributed by atoms with E-state index >= 15 is 0 Å². The molecule has 26 heavy (non-hydrogen) atoms. The lowest BCUT2D eigenvalue weighted by atomic mass is 10.1. The molecule has 0 aliphatic rings. The Bertz CT molecular complexity index is 785. The first kappa shape index (κ1) is 20.2. The molecule has 2 aromatic rings. The summed E-state index contributed by atoms with van der Waals surface area (Å²) in [7, 11) is 0. The van der Waals surface area contributed by atoms with Gasteiger partial charge in [-0.15, -0.1) is 0 Å². The lowest BCUT2D eigenvalue weighted by Crippen LogP contribution is -2.31. The Labute approximate surface area is 164 Å². The van der Waals surface area contributed by atoms with Crippen molar-refractivity contribution >= 4 is 27.5 Å². The van der Waals surface area contributed by atoms with Gasteiger partial charge >= 0.3 is 0 Å². The highest BCUT2D eigenvalue weighted by Crippen LogP contribution is 2.27. The molecular weight excluding hydrogens is 390 g/mol. The van der Waals surface area contributed by atoms with Crippen LogP contribution in [0, 0.1) is 11.3 Å². The number of carbonyl (C=O) groups is 1. The van der Waals surface area contributed by atoms with Crippen LogP contribution in [0.15, 0.2) is 53.0 Å². The van der Waals surface area contributed by atoms with E-state index in [2.05, 4.69) is 52.1 Å². The third-order valence-corrected chi connectivity index (χ3v) is 5.08. The van der Waals surface area contributed by atoms with Crippen LogP contribution in [0.1, 0.15) is 43.9 Å². The maximum atomic E-state index is 12.4. The van der Waals surface area contributed by atoms with E-state index in [1.54, 1.807) is 18.2 Å². The number of hydrogen-bond donors (Lipinski definition) is 1. The topological polar surface area (TPSA) is 56.1 Å². The molecule has 2 rings (SSSR count). The number of benzene rings is 2. The molecule has 0 aromatic heterocycles. The molecule has 0 aliphatic heterocycles. The summed E-state index contributed by atoms with van der Waals surface area (Å²) in [6.07, 6.45) is 1.40. The smallest absolute Gasteiger partial charge is 0.225 e. The average Bonchev–Trinajstić information content (AvgIpc) is 2.65. The Morgan fingerprint density at radius 1 is 1.19 bits per heavy atom. The van der Waals surface area contributed by atoms with Crippen molar-refractivity contribution in [1.29, 1.82) is 5.26 Å². The van der Waals surface area contributed by atoms with Crippen molar-refractivity contribution in [2.24, 2.45) is 0 Å². The predicted molar refractivity (Wildman–Crippen MR) is 109 cm³/mol. The Morgan fingerprint density at radius 3 is 2.58 bits per heavy atom. The summed E-state index contributed by atoms with van der Waals surface area (Å²) in [5.41, 5.74) is 2.27. The van der Waals surface area contributed by atoms with E-state index in [9.17, 15) is 4.79 Å². The first-order valence-electron chi connectivity index (χ1n) is 8.84. The molecule has 1 unspecified atom stereocenters. The van der Waals surface area contributed by atoms with Crippen LogP contribution in [0.2, 0.25) is 0 Å². The van der Waals surface area contributed by atoms with Gasteiger partial charge in [-0.2, -0.15) is 5.26 Å². The van der Waals surface area contributed by atoms with Crippen molar-refractivity contribution in [3.8, 4) is 6.07 Å². The van der Waals surface area contributed by atoms with Crippen LogP contribution in [0.25, 0.3) is 0 Å². The summed E-state index contributed by atoms with van der Waals surface area (Å²) in [5, 5.41) is 12.0. The highest BCUT2D eigenvalue weighted by Gasteiger charge is 2.18. The van der Waals surface area contributed by atoms with Crippen LogP contribution < -0.4 is 5.32 Å². The molecule has 4 nitrogen and oxygen atoms in total. The van der Waals surface area contributed by atoms with Crippen molar-refractivity contribution < 1.29 is 4.79 Å². The summed E-state index contributed by atoms with van der Waals surface area (Å²) in [5.74, 6) is -0.0758. The first-order valence-corrected chi connectivity index (χ1v) is 9.63. The van der Waals surface area contributed by atoms with E-state index in [4.69, 9.17) is 5.26 Å². The van der Waals surface area contributed by atoms with E-state index in [-0.39, 0.29) is 11.9 Å². The Kier molecular flexibility index (Phi) is 7.83. The first-order chi connectivity index (χ1) is 12.6. The van der Waals surface area contributed by atoms with Crippen LogP contribution >= 0.6 is 15.9 Å². The lowest BCUT2D eigenvalue weighted by molar-refractivity contribution is -0.116. The van der Waals surface area contributed by atoms with Gasteiger partial charge in [-0.05, 0) is 43.7 Å². The highest BCUT2D eigenvalue weighted by molar-refractivity contribution is 9.10. The second kappa shape index (κ2) is 10.1. The molecule has 5 heteroatoms. The summed E-state index contributed by atoms with van der Waals surface area (Å²) in [4.78, 5) is 14.7. The van der Waals surface area contributed by atoms with Gasteiger partial charge in [-0.25, -0.2) is 0 Å². The minimum absolute atomic E-state index is 0.0758. The second-order valence-corrected chi connectivity index (χ2v) is 7.04. The molecule has 136 valence electrons. The number of nitriles is 1. The third kappa shape index (κ3) is 5.42. The maximum Gasteiger partial charge on any atom is 0.225 e. The van der Waals surface area contributed by atoms with Crippen LogP contribution in [0.5, 0.6) is 0 Å². The van der Waals surface area contributed by atoms with Crippen LogP contribution in [-0.4, -0.2) is 23.9 Å². The molecular formula is C21H24BrN3O. The second-order valence-electron chi connectivity index (χ2n) is 6.19. The fraction of sp³-hybridized carbons (Fsp3) is 0.333. The third-order valence-electron chi connectivity index (χ3n) is 4.36. The minimum atomic E-state index is -0.0758. The average molecular weight is 414 g/mol. The van der Waals surface area contributed by atoms with Crippen molar-refractivity contribution in [2.75, 3.05) is 18.4 Å². The number of anilines is 1. The van der Waals surface area contributed by atoms with Gasteiger partial charge in [-0.3, -0.25) is 9.69 Å². The number of nitrogens with one attached hydrogen (secondary N) is 1. The molecule has 1 atom stereocenters. The predicted octanol–water partition coefficient (Wildman–Crippen LogP) is 5.12. The van der Waals surface area contributed by atoms with Gasteiger partial charge in [-0.1, -0.05) is 53.2 Å². The largest absolute Gasteiger partial charge is 0.325 e. The summed E-state index contributed by atoms with van der Waals surface area (Å²) in [6.45, 7) is 5.89. The standard InChI is InChI=1S/C21H24BrN3O/c1-3-13-25(16(2)18-9-5-6-10-19(18)22)14-12-21(26)24-20-11-7-4-8-17(20)15-23/h4-11,16H,3,12-14H2,1-2H3,(H,24,26). The van der Waals surface area contributed by atoms with Gasteiger partial charge in [0.1, 0.15) is 6.07 Å². The molecule has 0 spiro atoms. The fourth-order valence-corrected chi connectivity index (χ4v) is 3.56. The fourth-order valence-electron chi connectivity index (χ4n) is 2.94. The van der Waals surface area contributed by atoms with Crippen molar-refractivity contribution in [3.63, 3.8) is 0 Å². The van der Waals surface area contributed by atoms with Gasteiger partial charge in [0.05, 0.1) is 11.3 Å². The lowest BCUT2D eigenvalue weighted by Gasteiger charge is -2.29. The van der Waals surface area contributed by atoms with Crippen molar-refractivity contribution in [1.82, 2.24) is 4.90 Å². The summed E-state index contributed by atoms with van der Waals surface area (Å²) < 4.78 is 1.08. The summed E-state index contributed by atoms with van der Waals surface area (Å²) >= 11 is 3.62. The number of para-hydroxylation sites is 1. The molecule has 0 bridgehead atoms. The molecule has 0 fully saturated rings. The van der Waals surface area contributed by atoms with Crippen LogP contribution in [-0.2, 0) is 4.79 Å². The SMILES string of the molecule is CCCN(CCC(=O)Nc1ccccc1C#N)C(C)c1ccccc1Br. The molecule has 0 heterocycles. The number of hydrogen-bond acceptors (Lipinski definition) is 3. The van der Waals surface area contributed by atoms with Gasteiger partial charge in [0, 0.05) is 23.5 Å². The van der Waals surface area contributed by atoms with E-state index in [0.29, 0.717) is 24.2 Å². The van der Waals surface area contributed by atoms with E-state index < -0.39 is 0 Å². The number of halogens is 1. The van der Waals surface area contributed by atoms with Gasteiger partial charge in [0.2, 0.25) is 5.91 Å². The highest BCUT2D eigenvalue weighted by atomic mass is 79.9. The van der Waals surface area contributed by atoms with Gasteiger partial charge in [0.25, 0.3) is 0 Å². The quantitative estimate of drug-likeness (QED) is 0.652. The van der Waals surface area contributed by atoms with Crippen molar-refractivity contribution in [3.05, 3.63) is 64.1 Å². The van der Waals surface area contributed by atoms with Gasteiger partial charge < -0.3 is 5.32 Å². The summed E-state index contributed by atoms with van der Waals surface area (Å²) in [6, 6.07) is 17.6. The molecule has 0 saturated heterocycles. The monoisotopic (exact) mass is 413 g/mol. The minimum Gasteiger partial charge on any atom is -0.325 e. The Hall–Kier alpha value is -2.16. The van der Waals surface area contributed by atoms with Crippen LogP contribution in [0.3, 0.4) is 0 Å². The Morgan fingerprint density at radius 2 is 1.88 bits per heavy atom. The number of amides is 1. The molecule has 1 N–H and O–H groups in total. The molecule has 0 aliphatic carbocycles. The zero-order chi connectivity index (χ0) is 18.9. The normalized spacial score (nSPS) is 11.8. The zero-order valence-electron chi connectivity index (χ0n) is 15.2. The molecule has 1 amide bonds. The van der Waals surface area contributed by atoms with Crippen molar-refractivity contribution in [2.45, 2.75) is 32.7 Å². The molecule has 2 aromatic carbocycles. The number of carbonyl (C=O) groups excluding carboxylic acids is 1. The van der Waals surface area contributed by atoms with E-state index in [0.717, 1.165) is 17.4 Å². The molecule has 0 saturated carbocycles. The zero-order valence-corrected chi connectivity index (χ0v) is 16.8. The van der Waals surface area contributed by atoms with E-state index in [1.165, 1.54) is 5.56 Å². The number of nitrogens with zero attached hydrogens (tertiary/aromatic N) is 2. The van der Waals surface area contributed by atoms with Gasteiger partial charge in [0.15, 0.2) is 0 Å². The Balaban J connectivity index is 2.01. The number of rotatable bonds is 8. The maximum absolute atomic E-state index is 12.4. The molecule has 0 radical (unpaired) electrons. The van der Waals surface area contributed by atoms with Crippen LogP contribution in [0.4, 0.5) is 5.69 Å².